The highest BCUT2D eigenvalue weighted by atomic mass is 16.5. The van der Waals surface area contributed by atoms with Crippen molar-refractivity contribution in [2.75, 3.05) is 14.2 Å². The van der Waals surface area contributed by atoms with Crippen molar-refractivity contribution in [1.29, 1.82) is 0 Å². The molecular weight excluding hydrogens is 270 g/mol. The van der Waals surface area contributed by atoms with E-state index in [0.717, 1.165) is 5.56 Å². The van der Waals surface area contributed by atoms with Crippen LogP contribution in [0.1, 0.15) is 31.9 Å². The first-order valence-electron chi connectivity index (χ1n) is 6.95. The van der Waals surface area contributed by atoms with E-state index in [4.69, 9.17) is 9.47 Å². The van der Waals surface area contributed by atoms with E-state index in [1.165, 1.54) is 14.2 Å². The lowest BCUT2D eigenvalue weighted by molar-refractivity contribution is -0.147. The van der Waals surface area contributed by atoms with E-state index in [9.17, 15) is 9.59 Å². The summed E-state index contributed by atoms with van der Waals surface area (Å²) < 4.78 is 9.99. The Morgan fingerprint density at radius 2 is 1.76 bits per heavy atom. The molecule has 0 spiro atoms. The van der Waals surface area contributed by atoms with Gasteiger partial charge in [-0.1, -0.05) is 44.2 Å². The van der Waals surface area contributed by atoms with Gasteiger partial charge in [0, 0.05) is 7.11 Å². The van der Waals surface area contributed by atoms with Crippen molar-refractivity contribution in [2.24, 2.45) is 5.92 Å². The van der Waals surface area contributed by atoms with Gasteiger partial charge in [-0.15, -0.1) is 0 Å². The Morgan fingerprint density at radius 1 is 1.14 bits per heavy atom. The van der Waals surface area contributed by atoms with Crippen molar-refractivity contribution in [1.82, 2.24) is 5.32 Å². The summed E-state index contributed by atoms with van der Waals surface area (Å²) in [6.45, 7) is 3.96. The predicted octanol–water partition coefficient (Wildman–Crippen LogP) is 2.08. The number of rotatable bonds is 7. The molecule has 0 unspecified atom stereocenters. The van der Waals surface area contributed by atoms with Crippen molar-refractivity contribution in [3.8, 4) is 0 Å². The van der Waals surface area contributed by atoms with Crippen LogP contribution in [0.3, 0.4) is 0 Å². The Kier molecular flexibility index (Phi) is 6.88. The molecule has 0 aliphatic heterocycles. The topological polar surface area (TPSA) is 64.6 Å². The number of hydrogen-bond donors (Lipinski definition) is 1. The number of amides is 1. The van der Waals surface area contributed by atoms with Gasteiger partial charge in [0.05, 0.1) is 7.11 Å². The highest BCUT2D eigenvalue weighted by Gasteiger charge is 2.27. The standard InChI is InChI=1S/C16H23NO4/c1-11(2)10-13(16(19)21-4)17-15(18)14(20-3)12-8-6-5-7-9-12/h5-9,11,13-14H,10H2,1-4H3,(H,17,18)/t13-,14-/m1/s1. The molecule has 21 heavy (non-hydrogen) atoms. The third-order valence-electron chi connectivity index (χ3n) is 3.09. The van der Waals surface area contributed by atoms with Gasteiger partial charge >= 0.3 is 5.97 Å². The van der Waals surface area contributed by atoms with Crippen LogP contribution in [0.4, 0.5) is 0 Å². The molecule has 0 fully saturated rings. The maximum Gasteiger partial charge on any atom is 0.328 e. The third kappa shape index (κ3) is 5.19. The van der Waals surface area contributed by atoms with Crippen LogP contribution in [0.2, 0.25) is 0 Å². The second-order valence-corrected chi connectivity index (χ2v) is 5.24. The van der Waals surface area contributed by atoms with Gasteiger partial charge in [0.25, 0.3) is 5.91 Å². The molecule has 0 saturated heterocycles. The van der Waals surface area contributed by atoms with Crippen LogP contribution in [0, 0.1) is 5.92 Å². The first-order chi connectivity index (χ1) is 9.99. The minimum Gasteiger partial charge on any atom is -0.467 e. The summed E-state index contributed by atoms with van der Waals surface area (Å²) >= 11 is 0. The van der Waals surface area contributed by atoms with Crippen LogP contribution < -0.4 is 5.32 Å². The van der Waals surface area contributed by atoms with E-state index < -0.39 is 18.1 Å². The van der Waals surface area contributed by atoms with Crippen LogP contribution in [0.5, 0.6) is 0 Å². The van der Waals surface area contributed by atoms with Gasteiger partial charge in [-0.05, 0) is 17.9 Å². The number of hydrogen-bond acceptors (Lipinski definition) is 4. The van der Waals surface area contributed by atoms with E-state index in [1.807, 2.05) is 44.2 Å². The van der Waals surface area contributed by atoms with Crippen molar-refractivity contribution in [2.45, 2.75) is 32.4 Å². The van der Waals surface area contributed by atoms with E-state index in [-0.39, 0.29) is 11.8 Å². The second kappa shape index (κ2) is 8.42. The molecule has 0 heterocycles. The Morgan fingerprint density at radius 3 is 2.24 bits per heavy atom. The molecule has 0 aliphatic rings. The molecule has 0 saturated carbocycles. The molecule has 5 nitrogen and oxygen atoms in total. The van der Waals surface area contributed by atoms with E-state index in [0.29, 0.717) is 6.42 Å². The first-order valence-corrected chi connectivity index (χ1v) is 6.95. The number of benzene rings is 1. The number of ether oxygens (including phenoxy) is 2. The van der Waals surface area contributed by atoms with Crippen LogP contribution in [0.15, 0.2) is 30.3 Å². The van der Waals surface area contributed by atoms with E-state index in [2.05, 4.69) is 5.32 Å². The van der Waals surface area contributed by atoms with Crippen LogP contribution >= 0.6 is 0 Å². The minimum absolute atomic E-state index is 0.257. The normalized spacial score (nSPS) is 13.6. The summed E-state index contributed by atoms with van der Waals surface area (Å²) in [4.78, 5) is 24.1. The molecule has 2 atom stereocenters. The smallest absolute Gasteiger partial charge is 0.328 e. The summed E-state index contributed by atoms with van der Waals surface area (Å²) in [5.41, 5.74) is 0.741. The SMILES string of the molecule is COC(=O)[C@@H](CC(C)C)NC(=O)[C@H](OC)c1ccccc1. The van der Waals surface area contributed by atoms with Gasteiger partial charge in [-0.2, -0.15) is 0 Å². The molecule has 0 radical (unpaired) electrons. The molecule has 5 heteroatoms. The van der Waals surface area contributed by atoms with Gasteiger partial charge in [0.1, 0.15) is 6.04 Å². The number of carbonyl (C=O) groups excluding carboxylic acids is 2. The molecule has 0 bridgehead atoms. The summed E-state index contributed by atoms with van der Waals surface area (Å²) in [5.74, 6) is -0.535. The largest absolute Gasteiger partial charge is 0.467 e. The van der Waals surface area contributed by atoms with Crippen molar-refractivity contribution >= 4 is 11.9 Å². The quantitative estimate of drug-likeness (QED) is 0.782. The van der Waals surface area contributed by atoms with Gasteiger partial charge in [-0.3, -0.25) is 4.79 Å². The van der Waals surface area contributed by atoms with E-state index in [1.54, 1.807) is 0 Å². The Hall–Kier alpha value is -1.88. The lowest BCUT2D eigenvalue weighted by Gasteiger charge is -2.22. The molecular formula is C16H23NO4. The Bertz CT molecular complexity index is 459. The van der Waals surface area contributed by atoms with Gasteiger partial charge in [0.2, 0.25) is 0 Å². The second-order valence-electron chi connectivity index (χ2n) is 5.24. The number of esters is 1. The van der Waals surface area contributed by atoms with Gasteiger partial charge in [0.15, 0.2) is 6.10 Å². The summed E-state index contributed by atoms with van der Waals surface area (Å²) in [5, 5.41) is 2.71. The highest BCUT2D eigenvalue weighted by molar-refractivity contribution is 5.87. The molecule has 1 N–H and O–H groups in total. The Balaban J connectivity index is 2.81. The molecule has 116 valence electrons. The van der Waals surface area contributed by atoms with Crippen molar-refractivity contribution < 1.29 is 19.1 Å². The maximum atomic E-state index is 12.3. The Labute approximate surface area is 125 Å². The zero-order chi connectivity index (χ0) is 15.8. The van der Waals surface area contributed by atoms with Crippen molar-refractivity contribution in [3.05, 3.63) is 35.9 Å². The third-order valence-corrected chi connectivity index (χ3v) is 3.09. The fraction of sp³-hybridized carbons (Fsp3) is 0.500. The fourth-order valence-electron chi connectivity index (χ4n) is 2.10. The lowest BCUT2D eigenvalue weighted by Crippen LogP contribution is -2.44. The number of carbonyl (C=O) groups is 2. The number of methoxy groups -OCH3 is 2. The number of nitrogens with one attached hydrogen (secondary N) is 1. The minimum atomic E-state index is -0.745. The van der Waals surface area contributed by atoms with Gasteiger partial charge < -0.3 is 14.8 Å². The summed E-state index contributed by atoms with van der Waals surface area (Å²) in [6, 6.07) is 8.49. The average Bonchev–Trinajstić information content (AvgIpc) is 2.47. The molecule has 1 amide bonds. The summed E-state index contributed by atoms with van der Waals surface area (Å²) in [7, 11) is 2.78. The van der Waals surface area contributed by atoms with Crippen LogP contribution in [-0.2, 0) is 19.1 Å². The van der Waals surface area contributed by atoms with E-state index >= 15 is 0 Å². The monoisotopic (exact) mass is 293 g/mol. The van der Waals surface area contributed by atoms with Crippen molar-refractivity contribution in [3.63, 3.8) is 0 Å². The molecule has 1 aromatic carbocycles. The fourth-order valence-corrected chi connectivity index (χ4v) is 2.10. The van der Waals surface area contributed by atoms with Crippen LogP contribution in [-0.4, -0.2) is 32.1 Å². The zero-order valence-corrected chi connectivity index (χ0v) is 13.0. The average molecular weight is 293 g/mol. The highest BCUT2D eigenvalue weighted by Crippen LogP contribution is 2.17. The first kappa shape index (κ1) is 17.2. The zero-order valence-electron chi connectivity index (χ0n) is 13.0. The maximum absolute atomic E-state index is 12.3. The molecule has 0 aromatic heterocycles. The van der Waals surface area contributed by atoms with Gasteiger partial charge in [-0.25, -0.2) is 4.79 Å². The lowest BCUT2D eigenvalue weighted by atomic mass is 10.0. The molecule has 1 rings (SSSR count). The molecule has 1 aromatic rings. The van der Waals surface area contributed by atoms with Crippen LogP contribution in [0.25, 0.3) is 0 Å². The summed E-state index contributed by atoms with van der Waals surface area (Å²) in [6.07, 6.45) is -0.227. The predicted molar refractivity (Wildman–Crippen MR) is 79.6 cm³/mol. The molecule has 0 aliphatic carbocycles.